The van der Waals surface area contributed by atoms with Crippen LogP contribution in [-0.4, -0.2) is 17.8 Å². The molecule has 29 heavy (non-hydrogen) atoms. The fraction of sp³-hybridized carbons (Fsp3) is 0.640. The molecule has 1 aromatic carbocycles. The third-order valence-electron chi connectivity index (χ3n) is 5.30. The molecule has 2 aromatic rings. The van der Waals surface area contributed by atoms with Crippen molar-refractivity contribution in [1.82, 2.24) is 4.57 Å². The van der Waals surface area contributed by atoms with Crippen LogP contribution in [-0.2, 0) is 6.54 Å². The number of rotatable bonds is 15. The molecule has 1 heterocycles. The van der Waals surface area contributed by atoms with E-state index in [1.807, 2.05) is 24.3 Å². The molecule has 0 aliphatic carbocycles. The first-order valence-electron chi connectivity index (χ1n) is 11.7. The minimum Gasteiger partial charge on any atom is -0.485 e. The highest BCUT2D eigenvalue weighted by molar-refractivity contribution is 5.81. The highest BCUT2D eigenvalue weighted by Crippen LogP contribution is 2.30. The van der Waals surface area contributed by atoms with Crippen molar-refractivity contribution in [2.75, 3.05) is 13.2 Å². The molecule has 0 spiro atoms. The fourth-order valence-electron chi connectivity index (χ4n) is 3.53. The number of aryl methyl sites for hydroxylation is 1. The quantitative estimate of drug-likeness (QED) is 0.311. The van der Waals surface area contributed by atoms with Gasteiger partial charge < -0.3 is 14.0 Å². The van der Waals surface area contributed by atoms with E-state index in [2.05, 4.69) is 25.3 Å². The average Bonchev–Trinajstić information content (AvgIpc) is 2.74. The van der Waals surface area contributed by atoms with Gasteiger partial charge in [-0.05, 0) is 31.4 Å². The van der Waals surface area contributed by atoms with E-state index in [1.165, 1.54) is 32.1 Å². The zero-order valence-corrected chi connectivity index (χ0v) is 18.7. The summed E-state index contributed by atoms with van der Waals surface area (Å²) < 4.78 is 14.3. The zero-order chi connectivity index (χ0) is 20.9. The molecule has 0 aliphatic rings. The Morgan fingerprint density at radius 2 is 1.38 bits per heavy atom. The van der Waals surface area contributed by atoms with Gasteiger partial charge in [-0.15, -0.1) is 0 Å². The molecule has 0 saturated heterocycles. The highest BCUT2D eigenvalue weighted by atomic mass is 16.5. The molecule has 0 fully saturated rings. The second-order valence-corrected chi connectivity index (χ2v) is 7.80. The monoisotopic (exact) mass is 401 g/mol. The van der Waals surface area contributed by atoms with Crippen LogP contribution >= 0.6 is 0 Å². The van der Waals surface area contributed by atoms with Crippen molar-refractivity contribution in [2.45, 2.75) is 91.5 Å². The molecule has 4 heteroatoms. The summed E-state index contributed by atoms with van der Waals surface area (Å²) in [6.07, 6.45) is 11.4. The van der Waals surface area contributed by atoms with Gasteiger partial charge in [0.25, 0.3) is 0 Å². The summed E-state index contributed by atoms with van der Waals surface area (Å²) in [5.74, 6) is 1.01. The number of fused-ring (bicyclic) bond motifs is 1. The molecular weight excluding hydrogens is 362 g/mol. The summed E-state index contributed by atoms with van der Waals surface area (Å²) in [5, 5.41) is 0.716. The summed E-state index contributed by atoms with van der Waals surface area (Å²) in [4.78, 5) is 13.2. The highest BCUT2D eigenvalue weighted by Gasteiger charge is 2.19. The topological polar surface area (TPSA) is 40.5 Å². The molecule has 2 rings (SSSR count). The molecule has 1 aromatic heterocycles. The van der Waals surface area contributed by atoms with Gasteiger partial charge in [0.15, 0.2) is 0 Å². The second kappa shape index (κ2) is 13.3. The van der Waals surface area contributed by atoms with Crippen LogP contribution in [0.4, 0.5) is 0 Å². The summed E-state index contributed by atoms with van der Waals surface area (Å²) in [5.41, 5.74) is 0.891. The van der Waals surface area contributed by atoms with Crippen LogP contribution in [0.5, 0.6) is 11.6 Å². The smallest absolute Gasteiger partial charge is 0.241 e. The number of hydrogen-bond acceptors (Lipinski definition) is 3. The third kappa shape index (κ3) is 6.80. The number of aromatic nitrogens is 1. The van der Waals surface area contributed by atoms with E-state index < -0.39 is 0 Å². The predicted molar refractivity (Wildman–Crippen MR) is 122 cm³/mol. The Bertz CT molecular complexity index is 781. The predicted octanol–water partition coefficient (Wildman–Crippen LogP) is 6.72. The van der Waals surface area contributed by atoms with Crippen molar-refractivity contribution in [3.63, 3.8) is 0 Å². The Hall–Kier alpha value is -1.97. The minimum atomic E-state index is -0.0533. The van der Waals surface area contributed by atoms with Crippen LogP contribution in [0.15, 0.2) is 29.1 Å². The van der Waals surface area contributed by atoms with Crippen molar-refractivity contribution in [3.05, 3.63) is 34.5 Å². The Kier molecular flexibility index (Phi) is 10.7. The first kappa shape index (κ1) is 23.3. The van der Waals surface area contributed by atoms with Gasteiger partial charge in [0.2, 0.25) is 17.1 Å². The summed E-state index contributed by atoms with van der Waals surface area (Å²) in [6.45, 7) is 8.51. The molecule has 0 unspecified atom stereocenters. The van der Waals surface area contributed by atoms with Crippen molar-refractivity contribution in [3.8, 4) is 11.6 Å². The van der Waals surface area contributed by atoms with Crippen molar-refractivity contribution in [1.29, 1.82) is 0 Å². The molecule has 0 radical (unpaired) electrons. The van der Waals surface area contributed by atoms with Gasteiger partial charge in [-0.25, -0.2) is 0 Å². The van der Waals surface area contributed by atoms with Crippen molar-refractivity contribution >= 4 is 10.9 Å². The number of unbranched alkanes of at least 4 members (excludes halogenated alkanes) is 7. The van der Waals surface area contributed by atoms with Gasteiger partial charge in [0.1, 0.15) is 0 Å². The Labute approximate surface area is 176 Å². The van der Waals surface area contributed by atoms with Crippen LogP contribution in [0, 0.1) is 0 Å². The maximum atomic E-state index is 13.2. The number of benzene rings is 1. The van der Waals surface area contributed by atoms with Gasteiger partial charge in [-0.2, -0.15) is 0 Å². The number of pyridine rings is 1. The number of ether oxygens (including phenoxy) is 2. The molecule has 0 bridgehead atoms. The minimum absolute atomic E-state index is 0.0533. The number of para-hydroxylation sites is 1. The molecule has 0 aliphatic heterocycles. The SMILES string of the molecule is CCCCCCCCn1c(OCCCC)c(OCCCC)c(=O)c2ccccc21. The lowest BCUT2D eigenvalue weighted by Gasteiger charge is -2.20. The molecule has 0 atom stereocenters. The van der Waals surface area contributed by atoms with E-state index in [-0.39, 0.29) is 5.43 Å². The lowest BCUT2D eigenvalue weighted by atomic mass is 10.1. The molecule has 4 nitrogen and oxygen atoms in total. The Balaban J connectivity index is 2.35. The van der Waals surface area contributed by atoms with E-state index in [0.29, 0.717) is 30.2 Å². The fourth-order valence-corrected chi connectivity index (χ4v) is 3.53. The largest absolute Gasteiger partial charge is 0.485 e. The normalized spacial score (nSPS) is 11.1. The summed E-state index contributed by atoms with van der Waals surface area (Å²) in [7, 11) is 0. The first-order chi connectivity index (χ1) is 14.2. The maximum absolute atomic E-state index is 13.2. The molecular formula is C25H39NO3. The van der Waals surface area contributed by atoms with Crippen LogP contribution < -0.4 is 14.9 Å². The molecule has 0 amide bonds. The van der Waals surface area contributed by atoms with E-state index in [0.717, 1.165) is 44.2 Å². The van der Waals surface area contributed by atoms with Gasteiger partial charge >= 0.3 is 0 Å². The number of nitrogens with zero attached hydrogens (tertiary/aromatic N) is 1. The molecule has 0 N–H and O–H groups in total. The van der Waals surface area contributed by atoms with Crippen molar-refractivity contribution in [2.24, 2.45) is 0 Å². The maximum Gasteiger partial charge on any atom is 0.241 e. The van der Waals surface area contributed by atoms with E-state index in [4.69, 9.17) is 9.47 Å². The second-order valence-electron chi connectivity index (χ2n) is 7.80. The van der Waals surface area contributed by atoms with Crippen LogP contribution in [0.1, 0.15) is 85.0 Å². The van der Waals surface area contributed by atoms with E-state index in [9.17, 15) is 4.79 Å². The Morgan fingerprint density at radius 3 is 2.10 bits per heavy atom. The van der Waals surface area contributed by atoms with Gasteiger partial charge in [0.05, 0.1) is 18.7 Å². The van der Waals surface area contributed by atoms with Gasteiger partial charge in [-0.1, -0.05) is 77.8 Å². The van der Waals surface area contributed by atoms with Crippen LogP contribution in [0.2, 0.25) is 0 Å². The van der Waals surface area contributed by atoms with Gasteiger partial charge in [-0.3, -0.25) is 4.79 Å². The Morgan fingerprint density at radius 1 is 0.759 bits per heavy atom. The van der Waals surface area contributed by atoms with E-state index >= 15 is 0 Å². The molecule has 162 valence electrons. The number of hydrogen-bond donors (Lipinski definition) is 0. The zero-order valence-electron chi connectivity index (χ0n) is 18.7. The first-order valence-corrected chi connectivity index (χ1v) is 11.7. The van der Waals surface area contributed by atoms with Crippen LogP contribution in [0.3, 0.4) is 0 Å². The lowest BCUT2D eigenvalue weighted by Crippen LogP contribution is -2.19. The van der Waals surface area contributed by atoms with E-state index in [1.54, 1.807) is 0 Å². The average molecular weight is 402 g/mol. The molecule has 0 saturated carbocycles. The standard InChI is InChI=1S/C25H39NO3/c1-4-7-10-11-12-15-18-26-22-17-14-13-16-21(22)23(27)24(28-19-8-5-2)25(26)29-20-9-6-3/h13-14,16-17H,4-12,15,18-20H2,1-3H3. The third-order valence-corrected chi connectivity index (χ3v) is 5.30. The van der Waals surface area contributed by atoms with Crippen molar-refractivity contribution < 1.29 is 9.47 Å². The lowest BCUT2D eigenvalue weighted by molar-refractivity contribution is 0.241. The summed E-state index contributed by atoms with van der Waals surface area (Å²) >= 11 is 0. The summed E-state index contributed by atoms with van der Waals surface area (Å²) in [6, 6.07) is 7.84. The van der Waals surface area contributed by atoms with Gasteiger partial charge in [0, 0.05) is 11.9 Å². The van der Waals surface area contributed by atoms with Crippen LogP contribution in [0.25, 0.3) is 10.9 Å².